The van der Waals surface area contributed by atoms with Crippen molar-refractivity contribution in [2.45, 2.75) is 0 Å². The first-order valence-corrected chi connectivity index (χ1v) is 3.01. The number of aromatic nitrogens is 2. The molecule has 0 aromatic carbocycles. The zero-order valence-electron chi connectivity index (χ0n) is 3.86. The van der Waals surface area contributed by atoms with Crippen LogP contribution in [0.15, 0.2) is 4.79 Å². The van der Waals surface area contributed by atoms with Gasteiger partial charge in [-0.05, 0) is 22.6 Å². The number of nitrogens with one attached hydrogen (secondary N) is 2. The third kappa shape index (κ3) is 0.726. The molecule has 1 rings (SSSR count). The predicted molar refractivity (Wildman–Crippen MR) is 38.5 cm³/mol. The lowest BCUT2D eigenvalue weighted by molar-refractivity contribution is 1.04. The summed E-state index contributed by atoms with van der Waals surface area (Å²) >= 11 is 1.93. The van der Waals surface area contributed by atoms with Crippen LogP contribution >= 0.6 is 22.6 Å². The Balaban J connectivity index is 3.41. The molecule has 0 fully saturated rings. The molecular weight excluding hydrogens is 221 g/mol. The molecule has 0 bridgehead atoms. The van der Waals surface area contributed by atoms with Gasteiger partial charge in [0.1, 0.15) is 9.39 Å². The number of rotatable bonds is 0. The van der Waals surface area contributed by atoms with Crippen LogP contribution in [0.3, 0.4) is 0 Å². The number of hydrogen-bond acceptors (Lipinski definition) is 2. The Kier molecular flexibility index (Phi) is 1.28. The highest BCUT2D eigenvalue weighted by molar-refractivity contribution is 14.1. The Hall–Kier alpha value is -0.460. The van der Waals surface area contributed by atoms with Gasteiger partial charge in [-0.25, -0.2) is 0 Å². The van der Waals surface area contributed by atoms with E-state index in [1.165, 1.54) is 0 Å². The van der Waals surface area contributed by atoms with Crippen molar-refractivity contribution in [3.05, 3.63) is 14.1 Å². The van der Waals surface area contributed by atoms with Gasteiger partial charge in [0.25, 0.3) is 5.56 Å². The number of H-pyrrole nitrogens is 2. The monoisotopic (exact) mass is 225 g/mol. The Morgan fingerprint density at radius 3 is 2.25 bits per heavy atom. The number of hydrogen-bond donors (Lipinski definition) is 3. The SMILES string of the molecule is Nc1c(I)[nH][nH]c1=O. The molecule has 4 nitrogen and oxygen atoms in total. The van der Waals surface area contributed by atoms with Gasteiger partial charge < -0.3 is 5.73 Å². The molecule has 44 valence electrons. The van der Waals surface area contributed by atoms with Gasteiger partial charge in [-0.15, -0.1) is 0 Å². The fourth-order valence-corrected chi connectivity index (χ4v) is 0.726. The summed E-state index contributed by atoms with van der Waals surface area (Å²) in [6.07, 6.45) is 0. The summed E-state index contributed by atoms with van der Waals surface area (Å²) in [5.41, 5.74) is 5.22. The molecule has 0 aliphatic rings. The summed E-state index contributed by atoms with van der Waals surface area (Å²) in [5.74, 6) is 0. The van der Waals surface area contributed by atoms with E-state index >= 15 is 0 Å². The first kappa shape index (κ1) is 5.67. The van der Waals surface area contributed by atoms with Gasteiger partial charge in [-0.1, -0.05) is 0 Å². The first-order valence-electron chi connectivity index (χ1n) is 1.93. The summed E-state index contributed by atoms with van der Waals surface area (Å²) < 4.78 is 0.660. The third-order valence-corrected chi connectivity index (χ3v) is 1.62. The Morgan fingerprint density at radius 2 is 2.12 bits per heavy atom. The number of nitrogen functional groups attached to an aromatic ring is 1. The quantitative estimate of drug-likeness (QED) is 0.539. The van der Waals surface area contributed by atoms with E-state index in [0.717, 1.165) is 0 Å². The van der Waals surface area contributed by atoms with Crippen molar-refractivity contribution in [1.29, 1.82) is 0 Å². The molecule has 0 radical (unpaired) electrons. The average molecular weight is 225 g/mol. The van der Waals surface area contributed by atoms with E-state index in [-0.39, 0.29) is 11.2 Å². The highest BCUT2D eigenvalue weighted by Gasteiger charge is 1.98. The maximum atomic E-state index is 10.4. The molecular formula is C3H4IN3O. The zero-order valence-corrected chi connectivity index (χ0v) is 6.02. The molecule has 0 atom stereocenters. The van der Waals surface area contributed by atoms with Crippen molar-refractivity contribution in [2.75, 3.05) is 5.73 Å². The van der Waals surface area contributed by atoms with Gasteiger partial charge in [-0.2, -0.15) is 0 Å². The van der Waals surface area contributed by atoms with Gasteiger partial charge >= 0.3 is 0 Å². The van der Waals surface area contributed by atoms with Gasteiger partial charge in [0.2, 0.25) is 0 Å². The number of nitrogens with two attached hydrogens (primary N) is 1. The molecule has 1 heterocycles. The fraction of sp³-hybridized carbons (Fsp3) is 0. The first-order chi connectivity index (χ1) is 3.72. The van der Waals surface area contributed by atoms with E-state index in [4.69, 9.17) is 5.73 Å². The summed E-state index contributed by atoms with van der Waals surface area (Å²) in [4.78, 5) is 10.4. The minimum absolute atomic E-state index is 0.255. The van der Waals surface area contributed by atoms with Crippen molar-refractivity contribution in [3.63, 3.8) is 0 Å². The molecule has 5 heteroatoms. The predicted octanol–water partition coefficient (Wildman–Crippen LogP) is -0.110. The van der Waals surface area contributed by atoms with Crippen LogP contribution in [0.2, 0.25) is 0 Å². The van der Waals surface area contributed by atoms with Crippen molar-refractivity contribution < 1.29 is 0 Å². The number of halogens is 1. The fourth-order valence-electron chi connectivity index (χ4n) is 0.346. The van der Waals surface area contributed by atoms with E-state index in [9.17, 15) is 4.79 Å². The molecule has 1 aromatic rings. The smallest absolute Gasteiger partial charge is 0.288 e. The molecule has 0 amide bonds. The molecule has 0 aliphatic carbocycles. The van der Waals surface area contributed by atoms with Crippen LogP contribution in [-0.4, -0.2) is 10.2 Å². The van der Waals surface area contributed by atoms with Gasteiger partial charge in [0.05, 0.1) is 0 Å². The highest BCUT2D eigenvalue weighted by atomic mass is 127. The second-order valence-corrected chi connectivity index (χ2v) is 2.39. The Labute approximate surface area is 58.6 Å². The molecule has 4 N–H and O–H groups in total. The van der Waals surface area contributed by atoms with Crippen LogP contribution in [0, 0.1) is 3.70 Å². The maximum Gasteiger partial charge on any atom is 0.288 e. The second-order valence-electron chi connectivity index (χ2n) is 1.31. The Morgan fingerprint density at radius 1 is 1.50 bits per heavy atom. The van der Waals surface area contributed by atoms with Crippen molar-refractivity contribution in [1.82, 2.24) is 10.2 Å². The van der Waals surface area contributed by atoms with Crippen LogP contribution in [0.4, 0.5) is 5.69 Å². The largest absolute Gasteiger partial charge is 0.392 e. The standard InChI is InChI=1S/C3H4IN3O/c4-2-1(5)3(8)7-6-2/h5H2,(H2,6,7,8). The van der Waals surface area contributed by atoms with Crippen molar-refractivity contribution in [3.8, 4) is 0 Å². The van der Waals surface area contributed by atoms with Crippen LogP contribution < -0.4 is 11.3 Å². The molecule has 0 aliphatic heterocycles. The highest BCUT2D eigenvalue weighted by Crippen LogP contribution is 2.02. The van der Waals surface area contributed by atoms with Crippen molar-refractivity contribution >= 4 is 28.3 Å². The summed E-state index contributed by atoms with van der Waals surface area (Å²) in [6.45, 7) is 0. The minimum atomic E-state index is -0.255. The lowest BCUT2D eigenvalue weighted by atomic mass is 10.6. The van der Waals surface area contributed by atoms with E-state index < -0.39 is 0 Å². The summed E-state index contributed by atoms with van der Waals surface area (Å²) in [6, 6.07) is 0. The average Bonchev–Trinajstić information content (AvgIpc) is 1.98. The lowest BCUT2D eigenvalue weighted by Crippen LogP contribution is -2.04. The van der Waals surface area contributed by atoms with Crippen LogP contribution in [0.5, 0.6) is 0 Å². The van der Waals surface area contributed by atoms with E-state index in [2.05, 4.69) is 10.2 Å². The zero-order chi connectivity index (χ0) is 6.15. The molecule has 1 aromatic heterocycles. The van der Waals surface area contributed by atoms with E-state index in [0.29, 0.717) is 3.70 Å². The van der Waals surface area contributed by atoms with Crippen LogP contribution in [0.1, 0.15) is 0 Å². The van der Waals surface area contributed by atoms with E-state index in [1.807, 2.05) is 22.6 Å². The maximum absolute atomic E-state index is 10.4. The van der Waals surface area contributed by atoms with Gasteiger partial charge in [0, 0.05) is 0 Å². The molecule has 0 unspecified atom stereocenters. The normalized spacial score (nSPS) is 9.62. The number of anilines is 1. The third-order valence-electron chi connectivity index (χ3n) is 0.767. The van der Waals surface area contributed by atoms with Crippen molar-refractivity contribution in [2.24, 2.45) is 0 Å². The van der Waals surface area contributed by atoms with Gasteiger partial charge in [0.15, 0.2) is 0 Å². The lowest BCUT2D eigenvalue weighted by Gasteiger charge is -1.76. The molecule has 0 saturated heterocycles. The molecule has 0 spiro atoms. The molecule has 8 heavy (non-hydrogen) atoms. The number of aromatic amines is 2. The second kappa shape index (κ2) is 1.81. The summed E-state index contributed by atoms with van der Waals surface area (Å²) in [7, 11) is 0. The van der Waals surface area contributed by atoms with Gasteiger partial charge in [-0.3, -0.25) is 15.0 Å². The summed E-state index contributed by atoms with van der Waals surface area (Å²) in [5, 5.41) is 4.88. The van der Waals surface area contributed by atoms with Crippen LogP contribution in [-0.2, 0) is 0 Å². The minimum Gasteiger partial charge on any atom is -0.392 e. The van der Waals surface area contributed by atoms with E-state index in [1.54, 1.807) is 0 Å². The van der Waals surface area contributed by atoms with Crippen LogP contribution in [0.25, 0.3) is 0 Å². The topological polar surface area (TPSA) is 74.7 Å². The molecule has 0 saturated carbocycles. The Bertz CT molecular complexity index is 237.